The molecule has 0 radical (unpaired) electrons. The van der Waals surface area contributed by atoms with Crippen LogP contribution in [0.15, 0.2) is 29.3 Å². The fraction of sp³-hybridized carbons (Fsp3) is 0.650. The van der Waals surface area contributed by atoms with Crippen LogP contribution in [0.25, 0.3) is 0 Å². The zero-order chi connectivity index (χ0) is 19.9. The average Bonchev–Trinajstić information content (AvgIpc) is 2.66. The first-order chi connectivity index (χ1) is 12.8. The Balaban J connectivity index is 1.72. The summed E-state index contributed by atoms with van der Waals surface area (Å²) in [6.07, 6.45) is -1.73. The van der Waals surface area contributed by atoms with Gasteiger partial charge in [-0.2, -0.15) is 13.2 Å². The van der Waals surface area contributed by atoms with Crippen molar-refractivity contribution in [2.75, 3.05) is 20.7 Å². The third kappa shape index (κ3) is 6.63. The molecule has 0 spiro atoms. The van der Waals surface area contributed by atoms with Crippen LogP contribution in [0.5, 0.6) is 5.75 Å². The van der Waals surface area contributed by atoms with Gasteiger partial charge < -0.3 is 15.4 Å². The summed E-state index contributed by atoms with van der Waals surface area (Å²) in [5, 5.41) is 6.53. The van der Waals surface area contributed by atoms with Crippen LogP contribution in [0.3, 0.4) is 0 Å². The molecule has 2 rings (SSSR count). The highest BCUT2D eigenvalue weighted by atomic mass is 19.4. The molecular formula is C20H30F3N3O. The van der Waals surface area contributed by atoms with Crippen LogP contribution in [0.1, 0.15) is 50.5 Å². The fourth-order valence-electron chi connectivity index (χ4n) is 3.46. The molecule has 1 saturated carbocycles. The molecule has 1 aromatic carbocycles. The van der Waals surface area contributed by atoms with E-state index < -0.39 is 12.1 Å². The van der Waals surface area contributed by atoms with E-state index in [1.54, 1.807) is 14.2 Å². The summed E-state index contributed by atoms with van der Waals surface area (Å²) in [7, 11) is 3.33. The molecule has 152 valence electrons. The standard InChI is InChI=1S/C20H30F3N3O/c1-14(15-4-10-18(27-3)11-5-15)12-13-25-19(24-2)26-17-8-6-16(7-9-17)20(21,22)23/h4-5,10-11,14,16-17H,6-9,12-13H2,1-3H3,(H2,24,25,26). The SMILES string of the molecule is CN=C(NCCC(C)c1ccc(OC)cc1)NC1CCC(C(F)(F)F)CC1. The Morgan fingerprint density at radius 2 is 1.81 bits per heavy atom. The summed E-state index contributed by atoms with van der Waals surface area (Å²) in [6.45, 7) is 2.91. The van der Waals surface area contributed by atoms with Gasteiger partial charge in [-0.1, -0.05) is 19.1 Å². The van der Waals surface area contributed by atoms with Crippen molar-refractivity contribution in [3.8, 4) is 5.75 Å². The van der Waals surface area contributed by atoms with Crippen molar-refractivity contribution in [1.29, 1.82) is 0 Å². The van der Waals surface area contributed by atoms with Crippen molar-refractivity contribution in [2.24, 2.45) is 10.9 Å². The quantitative estimate of drug-likeness (QED) is 0.561. The number of nitrogens with one attached hydrogen (secondary N) is 2. The van der Waals surface area contributed by atoms with Crippen molar-refractivity contribution in [2.45, 2.75) is 57.2 Å². The Kier molecular flexibility index (Phi) is 7.80. The number of benzene rings is 1. The minimum absolute atomic E-state index is 0.0498. The summed E-state index contributed by atoms with van der Waals surface area (Å²) >= 11 is 0. The smallest absolute Gasteiger partial charge is 0.391 e. The van der Waals surface area contributed by atoms with Crippen LogP contribution in [0.4, 0.5) is 13.2 Å². The van der Waals surface area contributed by atoms with E-state index in [2.05, 4.69) is 34.7 Å². The van der Waals surface area contributed by atoms with Crippen LogP contribution in [-0.4, -0.2) is 38.9 Å². The predicted molar refractivity (Wildman–Crippen MR) is 102 cm³/mol. The summed E-state index contributed by atoms with van der Waals surface area (Å²) in [4.78, 5) is 4.20. The van der Waals surface area contributed by atoms with E-state index in [-0.39, 0.29) is 18.9 Å². The van der Waals surface area contributed by atoms with Gasteiger partial charge in [0.15, 0.2) is 5.96 Å². The summed E-state index contributed by atoms with van der Waals surface area (Å²) < 4.78 is 43.4. The summed E-state index contributed by atoms with van der Waals surface area (Å²) in [5.41, 5.74) is 1.24. The molecular weight excluding hydrogens is 355 g/mol. The first-order valence-electron chi connectivity index (χ1n) is 9.51. The molecule has 2 N–H and O–H groups in total. The second kappa shape index (κ2) is 9.85. The molecule has 4 nitrogen and oxygen atoms in total. The van der Waals surface area contributed by atoms with Crippen LogP contribution in [-0.2, 0) is 0 Å². The maximum atomic E-state index is 12.8. The topological polar surface area (TPSA) is 45.7 Å². The highest BCUT2D eigenvalue weighted by Gasteiger charge is 2.41. The van der Waals surface area contributed by atoms with Gasteiger partial charge >= 0.3 is 6.18 Å². The third-order valence-corrected chi connectivity index (χ3v) is 5.31. The van der Waals surface area contributed by atoms with E-state index in [0.29, 0.717) is 24.7 Å². The van der Waals surface area contributed by atoms with Gasteiger partial charge in [0.05, 0.1) is 13.0 Å². The highest BCUT2D eigenvalue weighted by Crippen LogP contribution is 2.37. The van der Waals surface area contributed by atoms with Crippen molar-refractivity contribution >= 4 is 5.96 Å². The molecule has 1 aromatic rings. The minimum Gasteiger partial charge on any atom is -0.497 e. The minimum atomic E-state index is -4.07. The lowest BCUT2D eigenvalue weighted by Gasteiger charge is -2.31. The van der Waals surface area contributed by atoms with E-state index >= 15 is 0 Å². The van der Waals surface area contributed by atoms with Gasteiger partial charge in [-0.05, 0) is 55.7 Å². The van der Waals surface area contributed by atoms with Gasteiger partial charge in [0.1, 0.15) is 5.75 Å². The van der Waals surface area contributed by atoms with Crippen LogP contribution in [0.2, 0.25) is 0 Å². The first-order valence-corrected chi connectivity index (χ1v) is 9.51. The zero-order valence-electron chi connectivity index (χ0n) is 16.3. The maximum Gasteiger partial charge on any atom is 0.391 e. The van der Waals surface area contributed by atoms with Gasteiger partial charge in [-0.15, -0.1) is 0 Å². The number of methoxy groups -OCH3 is 1. The average molecular weight is 385 g/mol. The monoisotopic (exact) mass is 385 g/mol. The van der Waals surface area contributed by atoms with Gasteiger partial charge in [-0.3, -0.25) is 4.99 Å². The molecule has 0 bridgehead atoms. The molecule has 0 aromatic heterocycles. The number of ether oxygens (including phenoxy) is 1. The number of hydrogen-bond donors (Lipinski definition) is 2. The Labute approximate surface area is 159 Å². The first kappa shape index (κ1) is 21.4. The van der Waals surface area contributed by atoms with E-state index in [1.165, 1.54) is 5.56 Å². The predicted octanol–water partition coefficient (Wildman–Crippen LogP) is 4.47. The summed E-state index contributed by atoms with van der Waals surface area (Å²) in [5.74, 6) is 0.723. The number of halogens is 3. The van der Waals surface area contributed by atoms with Gasteiger partial charge in [0, 0.05) is 19.6 Å². The number of alkyl halides is 3. The molecule has 1 atom stereocenters. The van der Waals surface area contributed by atoms with Crippen LogP contribution >= 0.6 is 0 Å². The maximum absolute atomic E-state index is 12.8. The molecule has 1 aliphatic carbocycles. The molecule has 1 unspecified atom stereocenters. The molecule has 0 saturated heterocycles. The number of aliphatic imine (C=N–C) groups is 1. The van der Waals surface area contributed by atoms with Gasteiger partial charge in [0.2, 0.25) is 0 Å². The van der Waals surface area contributed by atoms with E-state index in [1.807, 2.05) is 12.1 Å². The second-order valence-corrected chi connectivity index (χ2v) is 7.20. The lowest BCUT2D eigenvalue weighted by Crippen LogP contribution is -2.46. The molecule has 27 heavy (non-hydrogen) atoms. The normalized spacial score (nSPS) is 22.2. The Hall–Kier alpha value is -1.92. The molecule has 0 aliphatic heterocycles. The zero-order valence-corrected chi connectivity index (χ0v) is 16.3. The van der Waals surface area contributed by atoms with Crippen molar-refractivity contribution in [1.82, 2.24) is 10.6 Å². The Bertz CT molecular complexity index is 593. The third-order valence-electron chi connectivity index (χ3n) is 5.31. The van der Waals surface area contributed by atoms with Gasteiger partial charge in [0.25, 0.3) is 0 Å². The Morgan fingerprint density at radius 1 is 1.19 bits per heavy atom. The lowest BCUT2D eigenvalue weighted by molar-refractivity contribution is -0.182. The van der Waals surface area contributed by atoms with E-state index in [0.717, 1.165) is 18.7 Å². The van der Waals surface area contributed by atoms with E-state index in [9.17, 15) is 13.2 Å². The fourth-order valence-corrected chi connectivity index (χ4v) is 3.46. The van der Waals surface area contributed by atoms with Crippen molar-refractivity contribution in [3.63, 3.8) is 0 Å². The molecule has 1 fully saturated rings. The largest absolute Gasteiger partial charge is 0.497 e. The molecule has 1 aliphatic rings. The number of guanidine groups is 1. The second-order valence-electron chi connectivity index (χ2n) is 7.20. The molecule has 7 heteroatoms. The van der Waals surface area contributed by atoms with Gasteiger partial charge in [-0.25, -0.2) is 0 Å². The Morgan fingerprint density at radius 3 is 2.33 bits per heavy atom. The lowest BCUT2D eigenvalue weighted by atomic mass is 9.85. The highest BCUT2D eigenvalue weighted by molar-refractivity contribution is 5.79. The number of hydrogen-bond acceptors (Lipinski definition) is 2. The van der Waals surface area contributed by atoms with Crippen LogP contribution in [0, 0.1) is 5.92 Å². The van der Waals surface area contributed by atoms with Crippen LogP contribution < -0.4 is 15.4 Å². The van der Waals surface area contributed by atoms with E-state index in [4.69, 9.17) is 4.74 Å². The van der Waals surface area contributed by atoms with Crippen molar-refractivity contribution < 1.29 is 17.9 Å². The molecule has 0 heterocycles. The van der Waals surface area contributed by atoms with Crippen molar-refractivity contribution in [3.05, 3.63) is 29.8 Å². The molecule has 0 amide bonds. The number of rotatable bonds is 6. The number of nitrogens with zero attached hydrogens (tertiary/aromatic N) is 1. The summed E-state index contributed by atoms with van der Waals surface area (Å²) in [6, 6.07) is 8.09.